The van der Waals surface area contributed by atoms with Crippen LogP contribution in [0.2, 0.25) is 0 Å². The van der Waals surface area contributed by atoms with Gasteiger partial charge < -0.3 is 10.1 Å². The van der Waals surface area contributed by atoms with Crippen molar-refractivity contribution < 1.29 is 9.53 Å². The van der Waals surface area contributed by atoms with E-state index in [-0.39, 0.29) is 5.97 Å². The minimum absolute atomic E-state index is 0.169. The molecule has 0 fully saturated rings. The summed E-state index contributed by atoms with van der Waals surface area (Å²) in [4.78, 5) is 11.5. The van der Waals surface area contributed by atoms with Crippen LogP contribution in [0, 0.1) is 0 Å². The van der Waals surface area contributed by atoms with Gasteiger partial charge in [0.15, 0.2) is 17.3 Å². The minimum atomic E-state index is -0.169. The molecule has 0 saturated heterocycles. The first kappa shape index (κ1) is 18.1. The number of nitrogens with one attached hydrogen (secondary N) is 1. The largest absolute Gasteiger partial charge is 0.466 e. The molecule has 0 radical (unpaired) electrons. The molecule has 28 heavy (non-hydrogen) atoms. The first-order valence-electron chi connectivity index (χ1n) is 8.99. The zero-order chi connectivity index (χ0) is 19.3. The van der Waals surface area contributed by atoms with Crippen molar-refractivity contribution in [3.63, 3.8) is 0 Å². The SMILES string of the molecule is CCOC(=O)CCc1ccc(Nc2ccc3nnc(-c4ccsc4)n3n2)cc1. The van der Waals surface area contributed by atoms with E-state index in [2.05, 4.69) is 20.6 Å². The molecule has 1 aromatic carbocycles. The van der Waals surface area contributed by atoms with Crippen molar-refractivity contribution in [1.82, 2.24) is 19.8 Å². The zero-order valence-electron chi connectivity index (χ0n) is 15.3. The second-order valence-corrected chi connectivity index (χ2v) is 6.93. The van der Waals surface area contributed by atoms with Gasteiger partial charge in [-0.25, -0.2) is 0 Å². The molecule has 3 heterocycles. The van der Waals surface area contributed by atoms with Crippen LogP contribution in [0.3, 0.4) is 0 Å². The predicted octanol–water partition coefficient (Wildman–Crippen LogP) is 4.09. The lowest BCUT2D eigenvalue weighted by molar-refractivity contribution is -0.143. The van der Waals surface area contributed by atoms with Crippen molar-refractivity contribution in [3.8, 4) is 11.4 Å². The summed E-state index contributed by atoms with van der Waals surface area (Å²) in [6, 6.07) is 13.7. The molecular formula is C20H19N5O2S. The van der Waals surface area contributed by atoms with Crippen LogP contribution < -0.4 is 5.32 Å². The molecule has 0 aliphatic rings. The fourth-order valence-corrected chi connectivity index (χ4v) is 3.44. The zero-order valence-corrected chi connectivity index (χ0v) is 16.1. The van der Waals surface area contributed by atoms with E-state index in [0.29, 0.717) is 36.7 Å². The Labute approximate surface area is 166 Å². The monoisotopic (exact) mass is 393 g/mol. The molecule has 3 aromatic heterocycles. The number of carbonyl (C=O) groups is 1. The number of carbonyl (C=O) groups excluding carboxylic acids is 1. The standard InChI is InChI=1S/C20H19N5O2S/c1-2-27-19(26)10-5-14-3-6-16(7-4-14)21-17-8-9-18-22-23-20(25(18)24-17)15-11-12-28-13-15/h3-4,6-9,11-13H,2,5,10H2,1H3,(H,21,24). The quantitative estimate of drug-likeness (QED) is 0.476. The van der Waals surface area contributed by atoms with Gasteiger partial charge in [-0.1, -0.05) is 12.1 Å². The van der Waals surface area contributed by atoms with Gasteiger partial charge in [0.2, 0.25) is 0 Å². The fourth-order valence-electron chi connectivity index (χ4n) is 2.81. The Balaban J connectivity index is 1.47. The van der Waals surface area contributed by atoms with Crippen LogP contribution in [0.4, 0.5) is 11.5 Å². The van der Waals surface area contributed by atoms with Gasteiger partial charge in [-0.2, -0.15) is 15.9 Å². The van der Waals surface area contributed by atoms with Gasteiger partial charge in [0.25, 0.3) is 0 Å². The third kappa shape index (κ3) is 4.01. The number of hydrogen-bond acceptors (Lipinski definition) is 7. The van der Waals surface area contributed by atoms with Crippen LogP contribution in [0.25, 0.3) is 17.0 Å². The number of aromatic nitrogens is 4. The molecule has 1 N–H and O–H groups in total. The molecule has 4 rings (SSSR count). The molecule has 0 aliphatic heterocycles. The topological polar surface area (TPSA) is 81.4 Å². The Morgan fingerprint density at radius 3 is 2.75 bits per heavy atom. The number of ether oxygens (including phenoxy) is 1. The normalized spacial score (nSPS) is 10.9. The number of esters is 1. The Morgan fingerprint density at radius 1 is 1.14 bits per heavy atom. The highest BCUT2D eigenvalue weighted by Crippen LogP contribution is 2.22. The van der Waals surface area contributed by atoms with Gasteiger partial charge in [-0.15, -0.1) is 15.3 Å². The summed E-state index contributed by atoms with van der Waals surface area (Å²) in [6.45, 7) is 2.23. The molecule has 0 atom stereocenters. The lowest BCUT2D eigenvalue weighted by atomic mass is 10.1. The Kier molecular flexibility index (Phi) is 5.29. The smallest absolute Gasteiger partial charge is 0.306 e. The van der Waals surface area contributed by atoms with Gasteiger partial charge in [-0.05, 0) is 54.6 Å². The maximum atomic E-state index is 11.5. The van der Waals surface area contributed by atoms with Gasteiger partial charge in [-0.3, -0.25) is 4.79 Å². The van der Waals surface area contributed by atoms with E-state index in [1.54, 1.807) is 15.9 Å². The highest BCUT2D eigenvalue weighted by atomic mass is 32.1. The van der Waals surface area contributed by atoms with E-state index < -0.39 is 0 Å². The van der Waals surface area contributed by atoms with Crippen LogP contribution in [0.15, 0.2) is 53.2 Å². The average Bonchev–Trinajstić information content (AvgIpc) is 3.37. The molecule has 0 spiro atoms. The summed E-state index contributed by atoms with van der Waals surface area (Å²) >= 11 is 1.61. The number of benzene rings is 1. The minimum Gasteiger partial charge on any atom is -0.466 e. The molecule has 8 heteroatoms. The number of aryl methyl sites for hydroxylation is 1. The van der Waals surface area contributed by atoms with E-state index in [4.69, 9.17) is 4.74 Å². The van der Waals surface area contributed by atoms with Gasteiger partial charge in [0.1, 0.15) is 0 Å². The highest BCUT2D eigenvalue weighted by molar-refractivity contribution is 7.08. The molecule has 0 amide bonds. The molecule has 7 nitrogen and oxygen atoms in total. The number of thiophene rings is 1. The molecule has 0 aliphatic carbocycles. The summed E-state index contributed by atoms with van der Waals surface area (Å²) in [5.74, 6) is 1.25. The van der Waals surface area contributed by atoms with Crippen molar-refractivity contribution in [2.75, 3.05) is 11.9 Å². The fraction of sp³-hybridized carbons (Fsp3) is 0.200. The maximum Gasteiger partial charge on any atom is 0.306 e. The lowest BCUT2D eigenvalue weighted by Crippen LogP contribution is -2.05. The number of fused-ring (bicyclic) bond motifs is 1. The van der Waals surface area contributed by atoms with Crippen molar-refractivity contribution in [1.29, 1.82) is 0 Å². The second-order valence-electron chi connectivity index (χ2n) is 6.15. The van der Waals surface area contributed by atoms with E-state index in [0.717, 1.165) is 16.8 Å². The number of anilines is 2. The third-order valence-corrected chi connectivity index (χ3v) is 4.87. The van der Waals surface area contributed by atoms with Crippen LogP contribution in [-0.4, -0.2) is 32.4 Å². The van der Waals surface area contributed by atoms with Crippen LogP contribution in [0.5, 0.6) is 0 Å². The summed E-state index contributed by atoms with van der Waals surface area (Å²) in [6.07, 6.45) is 1.05. The molecular weight excluding hydrogens is 374 g/mol. The summed E-state index contributed by atoms with van der Waals surface area (Å²) in [5, 5.41) is 20.3. The van der Waals surface area contributed by atoms with E-state index in [9.17, 15) is 4.79 Å². The third-order valence-electron chi connectivity index (χ3n) is 4.19. The maximum absolute atomic E-state index is 11.5. The second kappa shape index (κ2) is 8.18. The highest BCUT2D eigenvalue weighted by Gasteiger charge is 2.10. The van der Waals surface area contributed by atoms with Crippen LogP contribution >= 0.6 is 11.3 Å². The van der Waals surface area contributed by atoms with Crippen molar-refractivity contribution >= 4 is 34.5 Å². The van der Waals surface area contributed by atoms with Gasteiger partial charge in [0, 0.05) is 23.1 Å². The average molecular weight is 393 g/mol. The number of hydrogen-bond donors (Lipinski definition) is 1. The predicted molar refractivity (Wildman–Crippen MR) is 109 cm³/mol. The van der Waals surface area contributed by atoms with E-state index in [1.807, 2.05) is 60.1 Å². The molecule has 0 saturated carbocycles. The first-order valence-corrected chi connectivity index (χ1v) is 9.94. The molecule has 4 aromatic rings. The van der Waals surface area contributed by atoms with Crippen LogP contribution in [0.1, 0.15) is 18.9 Å². The van der Waals surface area contributed by atoms with Gasteiger partial charge >= 0.3 is 5.97 Å². The number of rotatable bonds is 7. The first-order chi connectivity index (χ1) is 13.7. The summed E-state index contributed by atoms with van der Waals surface area (Å²) in [5.41, 5.74) is 3.69. The van der Waals surface area contributed by atoms with Crippen LogP contribution in [-0.2, 0) is 16.0 Å². The van der Waals surface area contributed by atoms with E-state index >= 15 is 0 Å². The van der Waals surface area contributed by atoms with Crippen molar-refractivity contribution in [2.24, 2.45) is 0 Å². The molecule has 0 unspecified atom stereocenters. The van der Waals surface area contributed by atoms with Gasteiger partial charge in [0.05, 0.1) is 6.61 Å². The molecule has 142 valence electrons. The Bertz CT molecular complexity index is 1070. The van der Waals surface area contributed by atoms with Crippen molar-refractivity contribution in [3.05, 3.63) is 58.8 Å². The van der Waals surface area contributed by atoms with E-state index in [1.165, 1.54) is 0 Å². The summed E-state index contributed by atoms with van der Waals surface area (Å²) in [7, 11) is 0. The Morgan fingerprint density at radius 2 is 2.00 bits per heavy atom. The summed E-state index contributed by atoms with van der Waals surface area (Å²) < 4.78 is 6.69. The van der Waals surface area contributed by atoms with Crippen molar-refractivity contribution in [2.45, 2.75) is 19.8 Å². The number of nitrogens with zero attached hydrogens (tertiary/aromatic N) is 4. The molecule has 0 bridgehead atoms. The lowest BCUT2D eigenvalue weighted by Gasteiger charge is -2.08. The Hall–Kier alpha value is -3.26.